The molecule has 90 heavy (non-hydrogen) atoms. The molecule has 0 saturated carbocycles. The number of hydrogen-bond donors (Lipinski definition) is 14. The van der Waals surface area contributed by atoms with E-state index in [2.05, 4.69) is 30.8 Å². The summed E-state index contributed by atoms with van der Waals surface area (Å²) < 4.78 is 78.2. The maximum atomic E-state index is 12.9. The quantitative estimate of drug-likeness (QED) is 0.0116. The van der Waals surface area contributed by atoms with Crippen molar-refractivity contribution in [3.63, 3.8) is 0 Å². The average Bonchev–Trinajstić information content (AvgIpc) is 0.856. The lowest BCUT2D eigenvalue weighted by Gasteiger charge is -2.40. The third kappa shape index (κ3) is 36.3. The molecule has 10 atom stereocenters. The number of nitrogens with one attached hydrogen (secondary N) is 3. The fourth-order valence-electron chi connectivity index (χ4n) is 8.30. The van der Waals surface area contributed by atoms with Crippen molar-refractivity contribution >= 4 is 41.6 Å². The van der Waals surface area contributed by atoms with Crippen LogP contribution in [-0.2, 0) is 95.1 Å². The van der Waals surface area contributed by atoms with Crippen molar-refractivity contribution in [2.75, 3.05) is 198 Å². The van der Waals surface area contributed by atoms with Gasteiger partial charge in [-0.2, -0.15) is 0 Å². The zero-order chi connectivity index (χ0) is 66.3. The van der Waals surface area contributed by atoms with Gasteiger partial charge in [-0.15, -0.1) is 0 Å². The van der Waals surface area contributed by atoms with E-state index in [1.54, 1.807) is 6.92 Å². The molecule has 19 N–H and O–H groups in total. The standard InChI is InChI=1S/C53H97N11O26/c1-35-37(62-52(54)55)29-41(50(72)73)89-46(35)47(39(68)31-65)86-33-43(70)59-3-8-76-10-5-64(7-12-78-13-14-79-15-16-80-17-18-81-19-20-82-21-22-83-23-24-84-25-26-85-27-28-88-58)6-11-77-9-4-60-44(71)34-87-48(40(69)32-66)49-45(61-36(2)67)38(63-53(56)57)30-42(90-49)51(74)75/h29-30,35,37-40,45-49,65-66,68-69H,3-28,31-34,58H2,1-2H3,(H,59,70)(H,60,71)(H,61,67)(H,72,73)(H,74,75)(H4,54,55,62)(H4,56,57,63)/t35-,37+,38+,39-,40-,45-,46-,47-,48-,49-/m1/s1. The summed E-state index contributed by atoms with van der Waals surface area (Å²) in [6.45, 7) is 8.23. The van der Waals surface area contributed by atoms with E-state index in [0.29, 0.717) is 132 Å². The van der Waals surface area contributed by atoms with Crippen LogP contribution < -0.4 is 44.8 Å². The van der Waals surface area contributed by atoms with Crippen LogP contribution in [0.5, 0.6) is 0 Å². The zero-order valence-electron chi connectivity index (χ0n) is 51.2. The van der Waals surface area contributed by atoms with Crippen molar-refractivity contribution in [1.82, 2.24) is 20.9 Å². The zero-order valence-corrected chi connectivity index (χ0v) is 51.2. The number of nitrogens with two attached hydrogens (primary N) is 5. The van der Waals surface area contributed by atoms with Gasteiger partial charge in [-0.3, -0.25) is 19.3 Å². The molecule has 0 radical (unpaired) electrons. The van der Waals surface area contributed by atoms with E-state index in [0.717, 1.165) is 6.08 Å². The predicted octanol–water partition coefficient (Wildman–Crippen LogP) is -7.79. The molecule has 0 aromatic heterocycles. The van der Waals surface area contributed by atoms with Crippen LogP contribution in [0.25, 0.3) is 0 Å². The number of amides is 3. The Labute approximate surface area is 521 Å². The molecule has 0 saturated heterocycles. The summed E-state index contributed by atoms with van der Waals surface area (Å²) in [6, 6.07) is -3.28. The maximum absolute atomic E-state index is 12.9. The number of aliphatic imine (C=N–C) groups is 2. The Kier molecular flexibility index (Phi) is 44.5. The van der Waals surface area contributed by atoms with Gasteiger partial charge in [0.1, 0.15) is 43.7 Å². The van der Waals surface area contributed by atoms with Gasteiger partial charge < -0.3 is 141 Å². The van der Waals surface area contributed by atoms with Crippen LogP contribution in [0.4, 0.5) is 0 Å². The molecule has 2 aliphatic rings. The van der Waals surface area contributed by atoms with E-state index in [1.807, 2.05) is 4.90 Å². The van der Waals surface area contributed by atoms with Crippen molar-refractivity contribution in [2.24, 2.45) is 44.7 Å². The minimum absolute atomic E-state index is 0.0139. The summed E-state index contributed by atoms with van der Waals surface area (Å²) in [7, 11) is 0. The fourth-order valence-corrected chi connectivity index (χ4v) is 8.30. The largest absolute Gasteiger partial charge is 0.480 e. The molecule has 0 fully saturated rings. The van der Waals surface area contributed by atoms with Gasteiger partial charge in [-0.1, -0.05) is 6.92 Å². The van der Waals surface area contributed by atoms with Crippen LogP contribution in [0, 0.1) is 5.92 Å². The molecule has 3 amide bonds. The Bertz CT molecular complexity index is 2120. The van der Waals surface area contributed by atoms with Gasteiger partial charge in [0, 0.05) is 45.6 Å². The fraction of sp³-hybridized carbons (Fsp3) is 0.792. The first-order chi connectivity index (χ1) is 43.3. The third-order valence-corrected chi connectivity index (χ3v) is 12.7. The van der Waals surface area contributed by atoms with E-state index in [9.17, 15) is 54.6 Å². The van der Waals surface area contributed by atoms with Gasteiger partial charge in [0.15, 0.2) is 18.0 Å². The van der Waals surface area contributed by atoms with Crippen molar-refractivity contribution in [1.29, 1.82) is 0 Å². The molecular formula is C53H97N11O26. The molecule has 37 nitrogen and oxygen atoms in total. The van der Waals surface area contributed by atoms with Gasteiger partial charge in [0.25, 0.3) is 0 Å². The molecule has 37 heteroatoms. The lowest BCUT2D eigenvalue weighted by atomic mass is 9.87. The van der Waals surface area contributed by atoms with Crippen LogP contribution in [-0.4, -0.2) is 330 Å². The highest BCUT2D eigenvalue weighted by Crippen LogP contribution is 2.31. The normalized spacial score (nSPS) is 19.5. The molecule has 2 aliphatic heterocycles. The Balaban J connectivity index is 1.82. The lowest BCUT2D eigenvalue weighted by molar-refractivity contribution is -0.160. The SMILES string of the molecule is CC(=O)N[C@H]1[C@H]([C@H](OCC(=O)NCCOCCN(CCOCCNC(=O)CO[C@@H]([C@@H]2OC(C(=O)O)=C[C@H](N=C(N)N)[C@H]2C)[C@H](O)CO)CCOCCOCCOCCOCCOCCOCCOCCOCCON)[C@H](O)CO)OC(C(=O)O)=C[C@@H]1N=C(N)N. The first-order valence-corrected chi connectivity index (χ1v) is 29.2. The Morgan fingerprint density at radius 2 is 0.867 bits per heavy atom. The van der Waals surface area contributed by atoms with Gasteiger partial charge in [-0.25, -0.2) is 25.5 Å². The Hall–Kier alpha value is -5.79. The summed E-state index contributed by atoms with van der Waals surface area (Å²) in [5, 5.41) is 68.1. The average molecular weight is 1300 g/mol. The van der Waals surface area contributed by atoms with E-state index >= 15 is 0 Å². The second-order valence-electron chi connectivity index (χ2n) is 19.6. The van der Waals surface area contributed by atoms with Crippen molar-refractivity contribution < 1.29 is 126 Å². The number of nitrogens with zero attached hydrogens (tertiary/aromatic N) is 3. The van der Waals surface area contributed by atoms with Crippen LogP contribution >= 0.6 is 0 Å². The number of aliphatic hydroxyl groups excluding tert-OH is 4. The highest BCUT2D eigenvalue weighted by Gasteiger charge is 2.46. The van der Waals surface area contributed by atoms with Gasteiger partial charge in [0.05, 0.1) is 170 Å². The number of carbonyl (C=O) groups is 5. The number of ether oxygens (including phenoxy) is 14. The van der Waals surface area contributed by atoms with Gasteiger partial charge >= 0.3 is 11.9 Å². The van der Waals surface area contributed by atoms with Gasteiger partial charge in [0.2, 0.25) is 29.2 Å². The molecule has 0 aromatic carbocycles. The molecule has 0 aliphatic carbocycles. The predicted molar refractivity (Wildman–Crippen MR) is 314 cm³/mol. The summed E-state index contributed by atoms with van der Waals surface area (Å²) >= 11 is 0. The van der Waals surface area contributed by atoms with Crippen molar-refractivity contribution in [3.8, 4) is 0 Å². The lowest BCUT2D eigenvalue weighted by Crippen LogP contribution is -2.60. The summed E-state index contributed by atoms with van der Waals surface area (Å²) in [6.07, 6.45) is -6.67. The number of rotatable bonds is 56. The van der Waals surface area contributed by atoms with Crippen LogP contribution in [0.2, 0.25) is 0 Å². The Morgan fingerprint density at radius 1 is 0.533 bits per heavy atom. The topological polar surface area (TPSA) is 539 Å². The van der Waals surface area contributed by atoms with Crippen molar-refractivity contribution in [3.05, 3.63) is 23.7 Å². The molecule has 2 rings (SSSR count). The number of aliphatic carboxylic acids is 2. The molecule has 2 heterocycles. The van der Waals surface area contributed by atoms with Gasteiger partial charge in [-0.05, 0) is 12.2 Å². The summed E-state index contributed by atoms with van der Waals surface area (Å²) in [4.78, 5) is 76.1. The van der Waals surface area contributed by atoms with E-state index < -0.39 is 134 Å². The minimum atomic E-state index is -1.72. The first-order valence-electron chi connectivity index (χ1n) is 29.2. The van der Waals surface area contributed by atoms with E-state index in [4.69, 9.17) is 95.1 Å². The van der Waals surface area contributed by atoms with Crippen LogP contribution in [0.3, 0.4) is 0 Å². The Morgan fingerprint density at radius 3 is 1.22 bits per heavy atom. The second-order valence-corrected chi connectivity index (χ2v) is 19.6. The number of carboxylic acid groups (broad SMARTS) is 2. The number of aliphatic hydroxyl groups is 4. The molecule has 0 bridgehead atoms. The van der Waals surface area contributed by atoms with E-state index in [1.165, 1.54) is 13.0 Å². The molecular weight excluding hydrogens is 1210 g/mol. The number of carbonyl (C=O) groups excluding carboxylic acids is 3. The summed E-state index contributed by atoms with van der Waals surface area (Å²) in [5.74, 6) is -2.49. The molecule has 0 unspecified atom stereocenters. The maximum Gasteiger partial charge on any atom is 0.370 e. The van der Waals surface area contributed by atoms with Crippen LogP contribution in [0.1, 0.15) is 13.8 Å². The second kappa shape index (κ2) is 49.9. The number of hydrogen-bond acceptors (Lipinski definition) is 28. The highest BCUT2D eigenvalue weighted by molar-refractivity contribution is 5.86. The minimum Gasteiger partial charge on any atom is -0.480 e. The first kappa shape index (κ1) is 80.3. The highest BCUT2D eigenvalue weighted by atomic mass is 16.6. The van der Waals surface area contributed by atoms with Crippen LogP contribution in [0.15, 0.2) is 33.7 Å². The molecule has 520 valence electrons. The van der Waals surface area contributed by atoms with Crippen molar-refractivity contribution in [2.45, 2.75) is 68.6 Å². The third-order valence-electron chi connectivity index (χ3n) is 12.7. The molecule has 0 spiro atoms. The summed E-state index contributed by atoms with van der Waals surface area (Å²) in [5.41, 5.74) is 22.2. The number of guanidine groups is 2. The van der Waals surface area contributed by atoms with E-state index in [-0.39, 0.29) is 45.5 Å². The smallest absolute Gasteiger partial charge is 0.370 e. The molecule has 0 aromatic rings. The number of carboxylic acids is 2. The monoisotopic (exact) mass is 1300 g/mol.